The minimum Gasteiger partial charge on any atom is -0.491 e. The molecule has 0 saturated heterocycles. The van der Waals surface area contributed by atoms with E-state index in [1.54, 1.807) is 0 Å². The molecule has 2 N–H and O–H groups in total. The van der Waals surface area contributed by atoms with Gasteiger partial charge in [-0.15, -0.1) is 0 Å². The predicted molar refractivity (Wildman–Crippen MR) is 126 cm³/mol. The minimum absolute atomic E-state index is 0.202. The van der Waals surface area contributed by atoms with E-state index in [9.17, 15) is 10.2 Å². The van der Waals surface area contributed by atoms with Crippen LogP contribution in [0.3, 0.4) is 0 Å². The van der Waals surface area contributed by atoms with Gasteiger partial charge in [-0.25, -0.2) is 0 Å². The maximum Gasteiger partial charge on any atom is 0.119 e. The molecule has 0 aliphatic rings. The van der Waals surface area contributed by atoms with Crippen molar-refractivity contribution < 1.29 is 29.2 Å². The van der Waals surface area contributed by atoms with Crippen molar-refractivity contribution in [2.45, 2.75) is 52.7 Å². The Balaban J connectivity index is 1.45. The second-order valence-electron chi connectivity index (χ2n) is 8.43. The van der Waals surface area contributed by atoms with Crippen LogP contribution in [0.25, 0.3) is 0 Å². The monoisotopic (exact) mass is 446 g/mol. The van der Waals surface area contributed by atoms with E-state index < -0.39 is 12.2 Å². The van der Waals surface area contributed by atoms with E-state index in [2.05, 4.69) is 12.1 Å². The van der Waals surface area contributed by atoms with Gasteiger partial charge in [0.2, 0.25) is 0 Å². The second-order valence-corrected chi connectivity index (χ2v) is 8.43. The Morgan fingerprint density at radius 3 is 1.25 bits per heavy atom. The van der Waals surface area contributed by atoms with E-state index in [1.807, 2.05) is 52.0 Å². The van der Waals surface area contributed by atoms with Gasteiger partial charge in [-0.3, -0.25) is 0 Å². The fraction of sp³-hybridized carbons (Fsp3) is 0.538. The summed E-state index contributed by atoms with van der Waals surface area (Å²) in [4.78, 5) is 0. The van der Waals surface area contributed by atoms with Crippen LogP contribution < -0.4 is 9.47 Å². The van der Waals surface area contributed by atoms with Gasteiger partial charge in [0.25, 0.3) is 0 Å². The highest BCUT2D eigenvalue weighted by Crippen LogP contribution is 2.17. The van der Waals surface area contributed by atoms with Crippen LogP contribution in [0.5, 0.6) is 11.5 Å². The molecule has 0 saturated carbocycles. The third-order valence-corrected chi connectivity index (χ3v) is 4.72. The quantitative estimate of drug-likeness (QED) is 0.404. The molecule has 0 radical (unpaired) electrons. The lowest BCUT2D eigenvalue weighted by Gasteiger charge is -2.14. The normalized spacial score (nSPS) is 13.1. The first-order chi connectivity index (χ1) is 15.3. The van der Waals surface area contributed by atoms with Crippen molar-refractivity contribution >= 4 is 0 Å². The third kappa shape index (κ3) is 11.0. The van der Waals surface area contributed by atoms with Crippen molar-refractivity contribution in [1.29, 1.82) is 0 Å². The number of unbranched alkanes of at least 4 members (excludes halogenated alkanes) is 1. The molecule has 2 aromatic rings. The summed E-state index contributed by atoms with van der Waals surface area (Å²) in [5.41, 5.74) is 4.53. The molecule has 6 heteroatoms. The van der Waals surface area contributed by atoms with Gasteiger partial charge >= 0.3 is 0 Å². The number of hydrogen-bond acceptors (Lipinski definition) is 6. The van der Waals surface area contributed by atoms with Gasteiger partial charge in [0.1, 0.15) is 36.9 Å². The first-order valence-electron chi connectivity index (χ1n) is 11.3. The van der Waals surface area contributed by atoms with Gasteiger partial charge < -0.3 is 29.2 Å². The van der Waals surface area contributed by atoms with E-state index >= 15 is 0 Å². The summed E-state index contributed by atoms with van der Waals surface area (Å²) in [5.74, 6) is 1.53. The summed E-state index contributed by atoms with van der Waals surface area (Å²) in [7, 11) is 0. The Labute approximate surface area is 192 Å². The van der Waals surface area contributed by atoms with Gasteiger partial charge in [0, 0.05) is 13.2 Å². The Bertz CT molecular complexity index is 699. The molecular formula is C26H38O6. The fourth-order valence-electron chi connectivity index (χ4n) is 3.36. The van der Waals surface area contributed by atoms with Gasteiger partial charge in [-0.05, 0) is 87.1 Å². The number of aryl methyl sites for hydroxylation is 4. The molecule has 2 aromatic carbocycles. The van der Waals surface area contributed by atoms with Gasteiger partial charge in [-0.1, -0.05) is 12.1 Å². The van der Waals surface area contributed by atoms with Crippen molar-refractivity contribution in [2.75, 3.05) is 39.6 Å². The van der Waals surface area contributed by atoms with Crippen molar-refractivity contribution in [1.82, 2.24) is 0 Å². The summed E-state index contributed by atoms with van der Waals surface area (Å²) in [6, 6.07) is 12.0. The molecule has 2 unspecified atom stereocenters. The number of aliphatic hydroxyl groups excluding tert-OH is 2. The zero-order valence-electron chi connectivity index (χ0n) is 19.8. The molecule has 0 fully saturated rings. The van der Waals surface area contributed by atoms with Crippen LogP contribution in [-0.4, -0.2) is 62.1 Å². The highest BCUT2D eigenvalue weighted by Gasteiger charge is 2.08. The van der Waals surface area contributed by atoms with E-state index in [0.29, 0.717) is 13.2 Å². The smallest absolute Gasteiger partial charge is 0.119 e. The minimum atomic E-state index is -0.667. The summed E-state index contributed by atoms with van der Waals surface area (Å²) >= 11 is 0. The van der Waals surface area contributed by atoms with Crippen molar-refractivity contribution in [3.05, 3.63) is 58.7 Å². The second kappa shape index (κ2) is 14.1. The topological polar surface area (TPSA) is 77.4 Å². The standard InChI is InChI=1S/C26H38O6/c1-19-9-20(2)12-25(11-19)31-17-23(27)15-29-7-5-6-8-30-16-24(28)18-32-26-13-21(3)10-22(4)14-26/h9-14,23-24,27-28H,5-8,15-18H2,1-4H3. The van der Waals surface area contributed by atoms with Gasteiger partial charge in [0.15, 0.2) is 0 Å². The number of hydrogen-bond donors (Lipinski definition) is 2. The maximum absolute atomic E-state index is 10.00. The number of aliphatic hydroxyl groups is 2. The third-order valence-electron chi connectivity index (χ3n) is 4.72. The summed E-state index contributed by atoms with van der Waals surface area (Å²) in [5, 5.41) is 20.0. The zero-order chi connectivity index (χ0) is 23.3. The molecule has 0 amide bonds. The lowest BCUT2D eigenvalue weighted by Crippen LogP contribution is -2.24. The highest BCUT2D eigenvalue weighted by molar-refractivity contribution is 5.33. The Kier molecular flexibility index (Phi) is 11.5. The molecule has 0 spiro atoms. The molecule has 0 aromatic heterocycles. The molecular weight excluding hydrogens is 408 g/mol. The van der Waals surface area contributed by atoms with Crippen molar-refractivity contribution in [3.63, 3.8) is 0 Å². The zero-order valence-corrected chi connectivity index (χ0v) is 19.8. The SMILES string of the molecule is Cc1cc(C)cc(OCC(O)COCCCCOCC(O)COc2cc(C)cc(C)c2)c1. The van der Waals surface area contributed by atoms with Gasteiger partial charge in [0.05, 0.1) is 13.2 Å². The lowest BCUT2D eigenvalue weighted by atomic mass is 10.1. The van der Waals surface area contributed by atoms with Crippen LogP contribution in [0.4, 0.5) is 0 Å². The molecule has 6 nitrogen and oxygen atoms in total. The van der Waals surface area contributed by atoms with Crippen molar-refractivity contribution in [3.8, 4) is 11.5 Å². The van der Waals surface area contributed by atoms with Crippen LogP contribution in [-0.2, 0) is 9.47 Å². The average molecular weight is 447 g/mol. The van der Waals surface area contributed by atoms with Crippen LogP contribution in [0.1, 0.15) is 35.1 Å². The molecule has 0 heterocycles. The molecule has 32 heavy (non-hydrogen) atoms. The molecule has 0 bridgehead atoms. The summed E-state index contributed by atoms with van der Waals surface area (Å²) in [6.07, 6.45) is 0.304. The first-order valence-corrected chi connectivity index (χ1v) is 11.3. The number of ether oxygens (including phenoxy) is 4. The maximum atomic E-state index is 10.00. The highest BCUT2D eigenvalue weighted by atomic mass is 16.5. The molecule has 0 aliphatic carbocycles. The fourth-order valence-corrected chi connectivity index (χ4v) is 3.36. The van der Waals surface area contributed by atoms with E-state index in [-0.39, 0.29) is 26.4 Å². The first kappa shape index (κ1) is 26.1. The molecule has 2 atom stereocenters. The summed E-state index contributed by atoms with van der Waals surface area (Å²) in [6.45, 7) is 10.0. The van der Waals surface area contributed by atoms with Crippen LogP contribution >= 0.6 is 0 Å². The van der Waals surface area contributed by atoms with E-state index in [4.69, 9.17) is 18.9 Å². The number of rotatable bonds is 15. The predicted octanol–water partition coefficient (Wildman–Crippen LogP) is 3.91. The molecule has 178 valence electrons. The molecule has 0 aliphatic heterocycles. The van der Waals surface area contributed by atoms with E-state index in [1.165, 1.54) is 0 Å². The number of benzene rings is 2. The van der Waals surface area contributed by atoms with E-state index in [0.717, 1.165) is 46.6 Å². The van der Waals surface area contributed by atoms with Gasteiger partial charge in [-0.2, -0.15) is 0 Å². The van der Waals surface area contributed by atoms with Crippen LogP contribution in [0, 0.1) is 27.7 Å². The van der Waals surface area contributed by atoms with Crippen molar-refractivity contribution in [2.24, 2.45) is 0 Å². The Morgan fingerprint density at radius 1 is 0.562 bits per heavy atom. The lowest BCUT2D eigenvalue weighted by molar-refractivity contribution is 0.000252. The average Bonchev–Trinajstić information content (AvgIpc) is 2.71. The Morgan fingerprint density at radius 2 is 0.906 bits per heavy atom. The summed E-state index contributed by atoms with van der Waals surface area (Å²) < 4.78 is 22.3. The molecule has 2 rings (SSSR count). The largest absolute Gasteiger partial charge is 0.491 e. The Hall–Kier alpha value is -2.12. The van der Waals surface area contributed by atoms with Crippen LogP contribution in [0.2, 0.25) is 0 Å². The van der Waals surface area contributed by atoms with Crippen LogP contribution in [0.15, 0.2) is 36.4 Å².